The summed E-state index contributed by atoms with van der Waals surface area (Å²) in [5.41, 5.74) is 0.867. The molecule has 3 heteroatoms. The lowest BCUT2D eigenvalue weighted by Gasteiger charge is -2.09. The maximum atomic E-state index is 10.2. The van der Waals surface area contributed by atoms with E-state index in [0.29, 0.717) is 23.5 Å². The predicted octanol–water partition coefficient (Wildman–Crippen LogP) is 2.65. The summed E-state index contributed by atoms with van der Waals surface area (Å²) in [7, 11) is 0. The predicted molar refractivity (Wildman–Crippen MR) is 56.9 cm³/mol. The van der Waals surface area contributed by atoms with E-state index in [1.165, 1.54) is 0 Å². The number of allylic oxidation sites excluding steroid dienone is 1. The van der Waals surface area contributed by atoms with Crippen LogP contribution in [0.3, 0.4) is 0 Å². The van der Waals surface area contributed by atoms with Crippen LogP contribution in [0.25, 0.3) is 0 Å². The Morgan fingerprint density at radius 2 is 2.29 bits per heavy atom. The van der Waals surface area contributed by atoms with Crippen LogP contribution in [-0.4, -0.2) is 12.9 Å². The molecule has 0 unspecified atom stereocenters. The Labute approximate surface area is 88.1 Å². The number of hydrogen-bond acceptors (Lipinski definition) is 2. The van der Waals surface area contributed by atoms with Gasteiger partial charge in [0.15, 0.2) is 6.29 Å². The third-order valence-corrected chi connectivity index (χ3v) is 2.09. The van der Waals surface area contributed by atoms with Crippen molar-refractivity contribution in [1.29, 1.82) is 0 Å². The van der Waals surface area contributed by atoms with Crippen LogP contribution >= 0.6 is 11.6 Å². The van der Waals surface area contributed by atoms with Crippen LogP contribution in [0, 0.1) is 0 Å². The van der Waals surface area contributed by atoms with E-state index in [1.54, 1.807) is 24.3 Å². The number of carbonyl (C=O) groups is 1. The van der Waals surface area contributed by atoms with E-state index in [1.807, 2.05) is 0 Å². The fourth-order valence-electron chi connectivity index (χ4n) is 1.14. The molecule has 1 aromatic rings. The van der Waals surface area contributed by atoms with E-state index >= 15 is 0 Å². The molecule has 1 aromatic carbocycles. The highest BCUT2D eigenvalue weighted by Crippen LogP contribution is 2.26. The summed E-state index contributed by atoms with van der Waals surface area (Å²) >= 11 is 5.97. The SMILES string of the molecule is C=CCc1c(Cl)cccc1OCC=O. The average Bonchev–Trinajstić information content (AvgIpc) is 2.19. The van der Waals surface area contributed by atoms with Gasteiger partial charge in [-0.05, 0) is 18.6 Å². The van der Waals surface area contributed by atoms with Crippen LogP contribution in [-0.2, 0) is 11.2 Å². The number of carbonyl (C=O) groups excluding carboxylic acids is 1. The van der Waals surface area contributed by atoms with E-state index < -0.39 is 0 Å². The number of ether oxygens (including phenoxy) is 1. The first kappa shape index (κ1) is 10.8. The summed E-state index contributed by atoms with van der Waals surface area (Å²) in [4.78, 5) is 10.2. The van der Waals surface area contributed by atoms with Crippen LogP contribution in [0.15, 0.2) is 30.9 Å². The topological polar surface area (TPSA) is 26.3 Å². The van der Waals surface area contributed by atoms with Crippen LogP contribution in [0.5, 0.6) is 5.75 Å². The van der Waals surface area contributed by atoms with Gasteiger partial charge in [-0.1, -0.05) is 23.7 Å². The first-order valence-corrected chi connectivity index (χ1v) is 4.62. The number of hydrogen-bond donors (Lipinski definition) is 0. The van der Waals surface area contributed by atoms with E-state index in [2.05, 4.69) is 6.58 Å². The lowest BCUT2D eigenvalue weighted by molar-refractivity contribution is -0.109. The van der Waals surface area contributed by atoms with Gasteiger partial charge < -0.3 is 4.74 Å². The molecular weight excluding hydrogens is 200 g/mol. The molecule has 0 bridgehead atoms. The van der Waals surface area contributed by atoms with Crippen molar-refractivity contribution in [2.45, 2.75) is 6.42 Å². The van der Waals surface area contributed by atoms with Gasteiger partial charge in [0.05, 0.1) is 0 Å². The van der Waals surface area contributed by atoms with Gasteiger partial charge in [0, 0.05) is 10.6 Å². The van der Waals surface area contributed by atoms with Gasteiger partial charge in [-0.15, -0.1) is 6.58 Å². The zero-order chi connectivity index (χ0) is 10.4. The number of aldehydes is 1. The summed E-state index contributed by atoms with van der Waals surface area (Å²) in [5.74, 6) is 0.643. The zero-order valence-corrected chi connectivity index (χ0v) is 8.46. The van der Waals surface area contributed by atoms with Crippen LogP contribution < -0.4 is 4.74 Å². The van der Waals surface area contributed by atoms with Gasteiger partial charge in [0.1, 0.15) is 12.4 Å². The molecule has 0 radical (unpaired) electrons. The van der Waals surface area contributed by atoms with Crippen molar-refractivity contribution >= 4 is 17.9 Å². The molecule has 0 aliphatic rings. The molecule has 0 heterocycles. The highest BCUT2D eigenvalue weighted by molar-refractivity contribution is 6.31. The van der Waals surface area contributed by atoms with Gasteiger partial charge in [-0.3, -0.25) is 4.79 Å². The van der Waals surface area contributed by atoms with E-state index in [9.17, 15) is 4.79 Å². The van der Waals surface area contributed by atoms with Crippen molar-refractivity contribution in [2.24, 2.45) is 0 Å². The maximum Gasteiger partial charge on any atom is 0.157 e. The lowest BCUT2D eigenvalue weighted by Crippen LogP contribution is -2.00. The van der Waals surface area contributed by atoms with Gasteiger partial charge in [0.2, 0.25) is 0 Å². The minimum absolute atomic E-state index is 0.0461. The molecule has 0 atom stereocenters. The quantitative estimate of drug-likeness (QED) is 0.552. The monoisotopic (exact) mass is 210 g/mol. The summed E-state index contributed by atoms with van der Waals surface area (Å²) in [5, 5.41) is 0.633. The normalized spacial score (nSPS) is 9.50. The maximum absolute atomic E-state index is 10.2. The largest absolute Gasteiger partial charge is 0.486 e. The Morgan fingerprint density at radius 1 is 1.50 bits per heavy atom. The van der Waals surface area contributed by atoms with E-state index in [4.69, 9.17) is 16.3 Å². The average molecular weight is 211 g/mol. The smallest absolute Gasteiger partial charge is 0.157 e. The molecule has 0 saturated heterocycles. The van der Waals surface area contributed by atoms with Crippen LogP contribution in [0.2, 0.25) is 5.02 Å². The van der Waals surface area contributed by atoms with Crippen molar-refractivity contribution in [2.75, 3.05) is 6.61 Å². The molecular formula is C11H11ClO2. The Morgan fingerprint density at radius 3 is 2.93 bits per heavy atom. The van der Waals surface area contributed by atoms with Gasteiger partial charge in [0.25, 0.3) is 0 Å². The minimum Gasteiger partial charge on any atom is -0.486 e. The molecule has 1 rings (SSSR count). The Bertz CT molecular complexity index is 334. The molecule has 14 heavy (non-hydrogen) atoms. The molecule has 0 N–H and O–H groups in total. The first-order valence-electron chi connectivity index (χ1n) is 4.24. The third-order valence-electron chi connectivity index (χ3n) is 1.73. The zero-order valence-electron chi connectivity index (χ0n) is 7.70. The lowest BCUT2D eigenvalue weighted by atomic mass is 10.1. The van der Waals surface area contributed by atoms with Crippen molar-refractivity contribution in [1.82, 2.24) is 0 Å². The molecule has 0 spiro atoms. The Kier molecular flexibility index (Phi) is 4.20. The standard InChI is InChI=1S/C11H11ClO2/c1-2-4-9-10(12)5-3-6-11(9)14-8-7-13/h2-3,5-7H,1,4,8H2. The second-order valence-electron chi connectivity index (χ2n) is 2.69. The van der Waals surface area contributed by atoms with Gasteiger partial charge >= 0.3 is 0 Å². The molecule has 0 aliphatic carbocycles. The molecule has 2 nitrogen and oxygen atoms in total. The Balaban J connectivity index is 2.94. The van der Waals surface area contributed by atoms with Gasteiger partial charge in [-0.2, -0.15) is 0 Å². The highest BCUT2D eigenvalue weighted by Gasteiger charge is 2.05. The van der Waals surface area contributed by atoms with Crippen molar-refractivity contribution < 1.29 is 9.53 Å². The summed E-state index contributed by atoms with van der Waals surface area (Å²) < 4.78 is 5.22. The number of halogens is 1. The third kappa shape index (κ3) is 2.60. The fraction of sp³-hybridized carbons (Fsp3) is 0.182. The number of benzene rings is 1. The van der Waals surface area contributed by atoms with Crippen LogP contribution in [0.1, 0.15) is 5.56 Å². The number of rotatable bonds is 5. The van der Waals surface area contributed by atoms with Gasteiger partial charge in [-0.25, -0.2) is 0 Å². The molecule has 74 valence electrons. The van der Waals surface area contributed by atoms with E-state index in [0.717, 1.165) is 5.56 Å². The van der Waals surface area contributed by atoms with Crippen molar-refractivity contribution in [3.05, 3.63) is 41.4 Å². The molecule has 0 aromatic heterocycles. The molecule has 0 amide bonds. The Hall–Kier alpha value is -1.28. The molecule has 0 fully saturated rings. The van der Waals surface area contributed by atoms with Crippen molar-refractivity contribution in [3.63, 3.8) is 0 Å². The van der Waals surface area contributed by atoms with Crippen LogP contribution in [0.4, 0.5) is 0 Å². The summed E-state index contributed by atoms with van der Waals surface area (Å²) in [6.45, 7) is 3.68. The minimum atomic E-state index is 0.0461. The summed E-state index contributed by atoms with van der Waals surface area (Å²) in [6, 6.07) is 5.36. The molecule has 0 saturated carbocycles. The highest BCUT2D eigenvalue weighted by atomic mass is 35.5. The first-order chi connectivity index (χ1) is 6.79. The molecule has 0 aliphatic heterocycles. The second-order valence-corrected chi connectivity index (χ2v) is 3.09. The summed E-state index contributed by atoms with van der Waals surface area (Å²) in [6.07, 6.45) is 3.08. The van der Waals surface area contributed by atoms with Crippen molar-refractivity contribution in [3.8, 4) is 5.75 Å². The van der Waals surface area contributed by atoms with E-state index in [-0.39, 0.29) is 6.61 Å². The fourth-order valence-corrected chi connectivity index (χ4v) is 1.38. The second kappa shape index (κ2) is 5.45.